The maximum atomic E-state index is 12.6. The summed E-state index contributed by atoms with van der Waals surface area (Å²) in [5.74, 6) is 0.0239. The first-order chi connectivity index (χ1) is 7.66. The molecule has 1 aliphatic rings. The molecule has 94 valence electrons. The molecule has 0 bridgehead atoms. The lowest BCUT2D eigenvalue weighted by Crippen LogP contribution is -2.38. The number of carbonyl (C=O) groups excluding carboxylic acids is 1. The SMILES string of the molecule is Cl.NC(CNC(=O)c1ccc(F)cc1)C1CC1. The summed E-state index contributed by atoms with van der Waals surface area (Å²) < 4.78 is 12.6. The molecule has 1 atom stereocenters. The first-order valence-corrected chi connectivity index (χ1v) is 5.46. The molecule has 0 saturated heterocycles. The van der Waals surface area contributed by atoms with E-state index in [9.17, 15) is 9.18 Å². The van der Waals surface area contributed by atoms with Crippen molar-refractivity contribution >= 4 is 18.3 Å². The van der Waals surface area contributed by atoms with E-state index >= 15 is 0 Å². The van der Waals surface area contributed by atoms with Crippen molar-refractivity contribution in [2.75, 3.05) is 6.54 Å². The Morgan fingerprint density at radius 2 is 2.00 bits per heavy atom. The van der Waals surface area contributed by atoms with Crippen LogP contribution in [0.1, 0.15) is 23.2 Å². The van der Waals surface area contributed by atoms with Crippen molar-refractivity contribution in [2.45, 2.75) is 18.9 Å². The Morgan fingerprint density at radius 1 is 1.41 bits per heavy atom. The molecule has 1 amide bonds. The molecule has 1 aliphatic carbocycles. The van der Waals surface area contributed by atoms with Crippen LogP contribution in [0.5, 0.6) is 0 Å². The highest BCUT2D eigenvalue weighted by Gasteiger charge is 2.28. The van der Waals surface area contributed by atoms with Gasteiger partial charge in [-0.25, -0.2) is 4.39 Å². The van der Waals surface area contributed by atoms with E-state index < -0.39 is 0 Å². The van der Waals surface area contributed by atoms with Gasteiger partial charge >= 0.3 is 0 Å². The predicted molar refractivity (Wildman–Crippen MR) is 66.7 cm³/mol. The minimum Gasteiger partial charge on any atom is -0.350 e. The Labute approximate surface area is 106 Å². The fourth-order valence-corrected chi connectivity index (χ4v) is 1.60. The lowest BCUT2D eigenvalue weighted by atomic mass is 10.2. The summed E-state index contributed by atoms with van der Waals surface area (Å²) in [7, 11) is 0. The zero-order valence-corrected chi connectivity index (χ0v) is 10.2. The van der Waals surface area contributed by atoms with Crippen LogP contribution in [-0.2, 0) is 0 Å². The topological polar surface area (TPSA) is 55.1 Å². The molecule has 2 rings (SSSR count). The van der Waals surface area contributed by atoms with Crippen LogP contribution >= 0.6 is 12.4 Å². The Hall–Kier alpha value is -1.13. The number of rotatable bonds is 4. The molecular weight excluding hydrogens is 243 g/mol. The standard InChI is InChI=1S/C12H15FN2O.ClH/c13-10-5-3-9(4-6-10)12(16)15-7-11(14)8-1-2-8;/h3-6,8,11H,1-2,7,14H2,(H,15,16);1H. The van der Waals surface area contributed by atoms with E-state index in [1.165, 1.54) is 24.3 Å². The highest BCUT2D eigenvalue weighted by atomic mass is 35.5. The van der Waals surface area contributed by atoms with Gasteiger partial charge in [0.15, 0.2) is 0 Å². The fourth-order valence-electron chi connectivity index (χ4n) is 1.60. The van der Waals surface area contributed by atoms with Gasteiger partial charge in [-0.15, -0.1) is 12.4 Å². The average Bonchev–Trinajstić information content (AvgIpc) is 3.10. The lowest BCUT2D eigenvalue weighted by molar-refractivity contribution is 0.0950. The van der Waals surface area contributed by atoms with Gasteiger partial charge in [0.1, 0.15) is 5.82 Å². The molecule has 1 aromatic rings. The van der Waals surface area contributed by atoms with Crippen LogP contribution in [0.2, 0.25) is 0 Å². The molecule has 17 heavy (non-hydrogen) atoms. The number of benzene rings is 1. The van der Waals surface area contributed by atoms with Gasteiger partial charge in [0.25, 0.3) is 5.91 Å². The molecule has 0 aliphatic heterocycles. The number of nitrogens with one attached hydrogen (secondary N) is 1. The molecule has 0 aromatic heterocycles. The smallest absolute Gasteiger partial charge is 0.251 e. The Bertz CT molecular complexity index is 379. The van der Waals surface area contributed by atoms with Crippen LogP contribution in [0.4, 0.5) is 4.39 Å². The summed E-state index contributed by atoms with van der Waals surface area (Å²) in [6.07, 6.45) is 2.32. The Kier molecular flexibility index (Phi) is 4.90. The minimum atomic E-state index is -0.341. The number of halogens is 2. The molecule has 1 saturated carbocycles. The van der Waals surface area contributed by atoms with E-state index in [-0.39, 0.29) is 30.2 Å². The third kappa shape index (κ3) is 3.98. The molecule has 3 nitrogen and oxygen atoms in total. The molecule has 5 heteroatoms. The second kappa shape index (κ2) is 5.98. The fraction of sp³-hybridized carbons (Fsp3) is 0.417. The predicted octanol–water partition coefficient (Wildman–Crippen LogP) is 1.71. The maximum absolute atomic E-state index is 12.6. The normalized spacial score (nSPS) is 15.9. The third-order valence-corrected chi connectivity index (χ3v) is 2.83. The molecule has 1 aromatic carbocycles. The van der Waals surface area contributed by atoms with Crippen LogP contribution in [0.3, 0.4) is 0 Å². The zero-order chi connectivity index (χ0) is 11.5. The van der Waals surface area contributed by atoms with Crippen LogP contribution in [0.25, 0.3) is 0 Å². The van der Waals surface area contributed by atoms with Crippen molar-refractivity contribution < 1.29 is 9.18 Å². The second-order valence-corrected chi connectivity index (χ2v) is 4.22. The molecule has 3 N–H and O–H groups in total. The molecule has 0 radical (unpaired) electrons. The monoisotopic (exact) mass is 258 g/mol. The summed E-state index contributed by atoms with van der Waals surface area (Å²) in [5.41, 5.74) is 6.32. The largest absolute Gasteiger partial charge is 0.350 e. The van der Waals surface area contributed by atoms with Gasteiger partial charge in [0.05, 0.1) is 0 Å². The average molecular weight is 259 g/mol. The molecular formula is C12H16ClFN2O. The van der Waals surface area contributed by atoms with Gasteiger partial charge in [-0.1, -0.05) is 0 Å². The second-order valence-electron chi connectivity index (χ2n) is 4.22. The maximum Gasteiger partial charge on any atom is 0.251 e. The summed E-state index contributed by atoms with van der Waals surface area (Å²) in [4.78, 5) is 11.6. The van der Waals surface area contributed by atoms with Gasteiger partial charge in [-0.05, 0) is 43.0 Å². The van der Waals surface area contributed by atoms with Crippen LogP contribution in [-0.4, -0.2) is 18.5 Å². The van der Waals surface area contributed by atoms with E-state index in [1.54, 1.807) is 0 Å². The van der Waals surface area contributed by atoms with Gasteiger partial charge in [0, 0.05) is 18.2 Å². The first-order valence-electron chi connectivity index (χ1n) is 5.46. The van der Waals surface area contributed by atoms with Gasteiger partial charge in [-0.3, -0.25) is 4.79 Å². The number of hydrogen-bond donors (Lipinski definition) is 2. The summed E-state index contributed by atoms with van der Waals surface area (Å²) in [6.45, 7) is 0.487. The van der Waals surface area contributed by atoms with Crippen molar-refractivity contribution in [3.63, 3.8) is 0 Å². The third-order valence-electron chi connectivity index (χ3n) is 2.83. The van der Waals surface area contributed by atoms with E-state index in [1.807, 2.05) is 0 Å². The summed E-state index contributed by atoms with van der Waals surface area (Å²) in [5, 5.41) is 2.75. The molecule has 0 spiro atoms. The minimum absolute atomic E-state index is 0. The number of carbonyl (C=O) groups is 1. The van der Waals surface area contributed by atoms with Crippen LogP contribution in [0, 0.1) is 11.7 Å². The van der Waals surface area contributed by atoms with E-state index in [0.29, 0.717) is 18.0 Å². The summed E-state index contributed by atoms with van der Waals surface area (Å²) in [6, 6.07) is 5.52. The highest BCUT2D eigenvalue weighted by Crippen LogP contribution is 2.31. The molecule has 1 unspecified atom stereocenters. The Morgan fingerprint density at radius 3 is 2.53 bits per heavy atom. The summed E-state index contributed by atoms with van der Waals surface area (Å²) >= 11 is 0. The van der Waals surface area contributed by atoms with Crippen molar-refractivity contribution in [1.29, 1.82) is 0 Å². The number of hydrogen-bond acceptors (Lipinski definition) is 2. The number of nitrogens with two attached hydrogens (primary N) is 1. The van der Waals surface area contributed by atoms with Gasteiger partial charge in [0.2, 0.25) is 0 Å². The quantitative estimate of drug-likeness (QED) is 0.864. The lowest BCUT2D eigenvalue weighted by Gasteiger charge is -2.11. The molecule has 0 heterocycles. The Balaban J connectivity index is 0.00000144. The highest BCUT2D eigenvalue weighted by molar-refractivity contribution is 5.94. The van der Waals surface area contributed by atoms with Crippen LogP contribution < -0.4 is 11.1 Å². The van der Waals surface area contributed by atoms with E-state index in [2.05, 4.69) is 5.32 Å². The van der Waals surface area contributed by atoms with Crippen molar-refractivity contribution in [2.24, 2.45) is 11.7 Å². The van der Waals surface area contributed by atoms with Crippen molar-refractivity contribution in [3.8, 4) is 0 Å². The van der Waals surface area contributed by atoms with E-state index in [4.69, 9.17) is 5.73 Å². The first kappa shape index (κ1) is 13.9. The number of amides is 1. The van der Waals surface area contributed by atoms with Gasteiger partial charge in [-0.2, -0.15) is 0 Å². The zero-order valence-electron chi connectivity index (χ0n) is 9.36. The van der Waals surface area contributed by atoms with Crippen molar-refractivity contribution in [1.82, 2.24) is 5.32 Å². The molecule has 1 fully saturated rings. The van der Waals surface area contributed by atoms with Crippen LogP contribution in [0.15, 0.2) is 24.3 Å². The van der Waals surface area contributed by atoms with Gasteiger partial charge < -0.3 is 11.1 Å². The van der Waals surface area contributed by atoms with Crippen molar-refractivity contribution in [3.05, 3.63) is 35.6 Å². The van der Waals surface area contributed by atoms with E-state index in [0.717, 1.165) is 12.8 Å².